The Hall–Kier alpha value is -0.870. The van der Waals surface area contributed by atoms with E-state index in [0.29, 0.717) is 12.6 Å². The van der Waals surface area contributed by atoms with Crippen molar-refractivity contribution in [2.45, 2.75) is 46.6 Å². The van der Waals surface area contributed by atoms with Gasteiger partial charge in [-0.15, -0.1) is 0 Å². The second kappa shape index (κ2) is 8.42. The molecule has 1 aromatic heterocycles. The Morgan fingerprint density at radius 3 is 2.05 bits per heavy atom. The summed E-state index contributed by atoms with van der Waals surface area (Å²) in [4.78, 5) is 2.54. The molecule has 2 N–H and O–H groups in total. The zero-order valence-electron chi connectivity index (χ0n) is 13.8. The van der Waals surface area contributed by atoms with E-state index in [1.165, 1.54) is 18.4 Å². The van der Waals surface area contributed by atoms with E-state index in [2.05, 4.69) is 43.9 Å². The van der Waals surface area contributed by atoms with Crippen molar-refractivity contribution in [3.05, 3.63) is 18.0 Å². The largest absolute Gasteiger partial charge is 0.329 e. The molecule has 4 heteroatoms. The van der Waals surface area contributed by atoms with Gasteiger partial charge in [0.15, 0.2) is 0 Å². The lowest BCUT2D eigenvalue weighted by molar-refractivity contribution is 0.181. The van der Waals surface area contributed by atoms with Crippen molar-refractivity contribution < 1.29 is 0 Å². The van der Waals surface area contributed by atoms with Crippen molar-refractivity contribution in [3.8, 4) is 0 Å². The van der Waals surface area contributed by atoms with E-state index >= 15 is 0 Å². The molecule has 0 saturated heterocycles. The molecule has 0 spiro atoms. The molecule has 0 aliphatic carbocycles. The summed E-state index contributed by atoms with van der Waals surface area (Å²) in [7, 11) is 1.96. The molecule has 4 nitrogen and oxygen atoms in total. The van der Waals surface area contributed by atoms with Gasteiger partial charge in [0.25, 0.3) is 0 Å². The van der Waals surface area contributed by atoms with Crippen molar-refractivity contribution in [2.75, 3.05) is 19.6 Å². The fraction of sp³-hybridized carbons (Fsp3) is 0.812. The summed E-state index contributed by atoms with van der Waals surface area (Å²) in [5.74, 6) is 1.45. The zero-order chi connectivity index (χ0) is 15.1. The van der Waals surface area contributed by atoms with Crippen LogP contribution in [0.2, 0.25) is 0 Å². The highest BCUT2D eigenvalue weighted by Gasteiger charge is 2.20. The van der Waals surface area contributed by atoms with Gasteiger partial charge >= 0.3 is 0 Å². The van der Waals surface area contributed by atoms with Crippen LogP contribution in [0.25, 0.3) is 0 Å². The molecule has 20 heavy (non-hydrogen) atoms. The maximum absolute atomic E-state index is 6.05. The fourth-order valence-corrected chi connectivity index (χ4v) is 2.38. The summed E-state index contributed by atoms with van der Waals surface area (Å²) < 4.78 is 1.86. The molecule has 0 aliphatic rings. The molecule has 1 heterocycles. The second-order valence-electron chi connectivity index (χ2n) is 6.60. The standard InChI is InChI=1S/C16H32N4/c1-13(2)6-8-20(9-7-14(3)4)16(10-17)15-11-18-19(5)12-15/h11-14,16H,6-10,17H2,1-5H3. The Morgan fingerprint density at radius 2 is 1.70 bits per heavy atom. The predicted octanol–water partition coefficient (Wildman–Crippen LogP) is 2.81. The van der Waals surface area contributed by atoms with Gasteiger partial charge in [-0.25, -0.2) is 0 Å². The van der Waals surface area contributed by atoms with Crippen molar-refractivity contribution in [1.29, 1.82) is 0 Å². The molecular weight excluding hydrogens is 248 g/mol. The highest BCUT2D eigenvalue weighted by atomic mass is 15.3. The molecule has 1 aromatic rings. The first-order valence-corrected chi connectivity index (χ1v) is 7.86. The van der Waals surface area contributed by atoms with E-state index in [0.717, 1.165) is 24.9 Å². The van der Waals surface area contributed by atoms with Gasteiger partial charge in [0, 0.05) is 25.4 Å². The van der Waals surface area contributed by atoms with E-state index in [4.69, 9.17) is 5.73 Å². The van der Waals surface area contributed by atoms with Gasteiger partial charge in [0.1, 0.15) is 0 Å². The van der Waals surface area contributed by atoms with Crippen LogP contribution >= 0.6 is 0 Å². The average molecular weight is 280 g/mol. The lowest BCUT2D eigenvalue weighted by Crippen LogP contribution is -2.36. The minimum absolute atomic E-state index is 0.293. The first-order valence-electron chi connectivity index (χ1n) is 7.86. The monoisotopic (exact) mass is 280 g/mol. The van der Waals surface area contributed by atoms with Gasteiger partial charge in [0.2, 0.25) is 0 Å². The van der Waals surface area contributed by atoms with E-state index in [1.54, 1.807) is 0 Å². The van der Waals surface area contributed by atoms with Gasteiger partial charge in [-0.05, 0) is 37.8 Å². The van der Waals surface area contributed by atoms with Crippen LogP contribution in [-0.4, -0.2) is 34.3 Å². The second-order valence-corrected chi connectivity index (χ2v) is 6.60. The molecule has 0 bridgehead atoms. The van der Waals surface area contributed by atoms with Crippen LogP contribution in [0.15, 0.2) is 12.4 Å². The van der Waals surface area contributed by atoms with Crippen LogP contribution in [0, 0.1) is 11.8 Å². The molecule has 0 amide bonds. The summed E-state index contributed by atoms with van der Waals surface area (Å²) in [6.07, 6.45) is 6.48. The summed E-state index contributed by atoms with van der Waals surface area (Å²) >= 11 is 0. The Bertz CT molecular complexity index is 358. The molecule has 1 rings (SSSR count). The van der Waals surface area contributed by atoms with Crippen LogP contribution in [-0.2, 0) is 7.05 Å². The topological polar surface area (TPSA) is 47.1 Å². The predicted molar refractivity (Wildman–Crippen MR) is 85.5 cm³/mol. The molecule has 1 atom stereocenters. The molecular formula is C16H32N4. The third-order valence-corrected chi connectivity index (χ3v) is 3.76. The molecule has 1 unspecified atom stereocenters. The van der Waals surface area contributed by atoms with E-state index in [-0.39, 0.29) is 0 Å². The number of aromatic nitrogens is 2. The molecule has 0 aromatic carbocycles. The third kappa shape index (κ3) is 5.63. The fourth-order valence-electron chi connectivity index (χ4n) is 2.38. The number of hydrogen-bond donors (Lipinski definition) is 1. The maximum Gasteiger partial charge on any atom is 0.0538 e. The van der Waals surface area contributed by atoms with Gasteiger partial charge in [-0.1, -0.05) is 27.7 Å². The molecule has 0 saturated carbocycles. The Morgan fingerprint density at radius 1 is 1.15 bits per heavy atom. The number of nitrogens with zero attached hydrogens (tertiary/aromatic N) is 3. The van der Waals surface area contributed by atoms with Gasteiger partial charge in [0.05, 0.1) is 12.2 Å². The normalized spacial score (nSPS) is 13.7. The van der Waals surface area contributed by atoms with Crippen molar-refractivity contribution in [1.82, 2.24) is 14.7 Å². The molecule has 0 aliphatic heterocycles. The van der Waals surface area contributed by atoms with Crippen molar-refractivity contribution >= 4 is 0 Å². The Balaban J connectivity index is 2.75. The lowest BCUT2D eigenvalue weighted by atomic mass is 10.0. The van der Waals surface area contributed by atoms with E-state index < -0.39 is 0 Å². The van der Waals surface area contributed by atoms with Gasteiger partial charge < -0.3 is 5.73 Å². The van der Waals surface area contributed by atoms with Crippen molar-refractivity contribution in [3.63, 3.8) is 0 Å². The van der Waals surface area contributed by atoms with Crippen LogP contribution in [0.1, 0.15) is 52.1 Å². The number of nitrogens with two attached hydrogens (primary N) is 1. The SMILES string of the molecule is CC(C)CCN(CCC(C)C)C(CN)c1cnn(C)c1. The molecule has 116 valence electrons. The van der Waals surface area contributed by atoms with Crippen LogP contribution in [0.4, 0.5) is 0 Å². The number of rotatable bonds is 9. The summed E-state index contributed by atoms with van der Waals surface area (Å²) in [6.45, 7) is 12.0. The van der Waals surface area contributed by atoms with Crippen LogP contribution in [0.3, 0.4) is 0 Å². The molecule has 0 fully saturated rings. The van der Waals surface area contributed by atoms with E-state index in [9.17, 15) is 0 Å². The van der Waals surface area contributed by atoms with Crippen LogP contribution in [0.5, 0.6) is 0 Å². The quantitative estimate of drug-likeness (QED) is 0.756. The Labute approximate surface area is 124 Å². The number of hydrogen-bond acceptors (Lipinski definition) is 3. The summed E-state index contributed by atoms with van der Waals surface area (Å²) in [6, 6.07) is 0.293. The molecule has 0 radical (unpaired) electrons. The summed E-state index contributed by atoms with van der Waals surface area (Å²) in [5, 5.41) is 4.29. The third-order valence-electron chi connectivity index (χ3n) is 3.76. The van der Waals surface area contributed by atoms with E-state index in [1.807, 2.05) is 17.9 Å². The summed E-state index contributed by atoms with van der Waals surface area (Å²) in [5.41, 5.74) is 7.29. The first kappa shape index (κ1) is 17.2. The number of aryl methyl sites for hydroxylation is 1. The zero-order valence-corrected chi connectivity index (χ0v) is 13.8. The maximum atomic E-state index is 6.05. The minimum Gasteiger partial charge on any atom is -0.329 e. The average Bonchev–Trinajstić information content (AvgIpc) is 2.78. The van der Waals surface area contributed by atoms with Gasteiger partial charge in [-0.3, -0.25) is 9.58 Å². The van der Waals surface area contributed by atoms with Crippen LogP contribution < -0.4 is 5.73 Å². The highest BCUT2D eigenvalue weighted by molar-refractivity contribution is 5.11. The first-order chi connectivity index (χ1) is 9.43. The smallest absolute Gasteiger partial charge is 0.0538 e. The highest BCUT2D eigenvalue weighted by Crippen LogP contribution is 2.21. The van der Waals surface area contributed by atoms with Crippen molar-refractivity contribution in [2.24, 2.45) is 24.6 Å². The minimum atomic E-state index is 0.293. The lowest BCUT2D eigenvalue weighted by Gasteiger charge is -2.31. The Kier molecular flexibility index (Phi) is 7.24. The van der Waals surface area contributed by atoms with Gasteiger partial charge in [-0.2, -0.15) is 5.10 Å².